The van der Waals surface area contributed by atoms with Crippen molar-refractivity contribution in [1.82, 2.24) is 0 Å². The summed E-state index contributed by atoms with van der Waals surface area (Å²) in [5.41, 5.74) is 1.42. The molecule has 0 spiro atoms. The Morgan fingerprint density at radius 1 is 1.20 bits per heavy atom. The minimum atomic E-state index is -1.71. The summed E-state index contributed by atoms with van der Waals surface area (Å²) in [4.78, 5) is 12.3. The van der Waals surface area contributed by atoms with Gasteiger partial charge >= 0.3 is 0 Å². The molecule has 0 aromatic heterocycles. The summed E-state index contributed by atoms with van der Waals surface area (Å²) in [5.74, 6) is 0.171. The summed E-state index contributed by atoms with van der Waals surface area (Å²) in [6.45, 7) is 8.81. The Labute approximate surface area is 125 Å². The van der Waals surface area contributed by atoms with E-state index in [9.17, 15) is 4.79 Å². The number of hydrogen-bond donors (Lipinski definition) is 0. The highest BCUT2D eigenvalue weighted by molar-refractivity contribution is 6.73. The number of ketones is 1. The van der Waals surface area contributed by atoms with Gasteiger partial charge in [-0.05, 0) is 56.8 Å². The second-order valence-electron chi connectivity index (χ2n) is 5.82. The van der Waals surface area contributed by atoms with Gasteiger partial charge in [0.1, 0.15) is 6.10 Å². The van der Waals surface area contributed by atoms with E-state index in [1.165, 1.54) is 5.57 Å². The Kier molecular flexibility index (Phi) is 7.45. The maximum atomic E-state index is 12.3. The number of carbonyl (C=O) groups excluding carboxylic acids is 1. The standard InChI is InChI=1S/C17H30O2Si/c1-5-20(6-2,7-3)19-17-14-10-12-15(4)11-8-9-13-16(17)18/h9,12-13,17H,5-8,10-11,14H2,1-4H3/b13-9?,15-12+. The summed E-state index contributed by atoms with van der Waals surface area (Å²) in [6.07, 6.45) is 9.62. The van der Waals surface area contributed by atoms with Crippen molar-refractivity contribution in [2.24, 2.45) is 0 Å². The van der Waals surface area contributed by atoms with E-state index in [-0.39, 0.29) is 11.9 Å². The fraction of sp³-hybridized carbons (Fsp3) is 0.706. The van der Waals surface area contributed by atoms with E-state index in [0.29, 0.717) is 0 Å². The van der Waals surface area contributed by atoms with Crippen LogP contribution in [0.2, 0.25) is 18.1 Å². The molecular weight excluding hydrogens is 264 g/mol. The lowest BCUT2D eigenvalue weighted by Crippen LogP contribution is -2.42. The number of hydrogen-bond acceptors (Lipinski definition) is 2. The van der Waals surface area contributed by atoms with Crippen molar-refractivity contribution in [3.05, 3.63) is 23.8 Å². The van der Waals surface area contributed by atoms with Crippen LogP contribution in [0.15, 0.2) is 23.8 Å². The molecule has 114 valence electrons. The Morgan fingerprint density at radius 2 is 1.85 bits per heavy atom. The maximum Gasteiger partial charge on any atom is 0.193 e. The Hall–Kier alpha value is -0.673. The first-order chi connectivity index (χ1) is 9.56. The van der Waals surface area contributed by atoms with Gasteiger partial charge in [0.05, 0.1) is 0 Å². The van der Waals surface area contributed by atoms with Gasteiger partial charge in [0.25, 0.3) is 0 Å². The van der Waals surface area contributed by atoms with Gasteiger partial charge in [0.15, 0.2) is 14.1 Å². The van der Waals surface area contributed by atoms with Crippen molar-refractivity contribution in [2.75, 3.05) is 0 Å². The molecule has 0 fully saturated rings. The zero-order chi connectivity index (χ0) is 15.0. The SMILES string of the molecule is CC[Si](CC)(CC)OC1CC/C=C(\C)CCC=CC1=O. The van der Waals surface area contributed by atoms with Crippen LogP contribution in [0, 0.1) is 0 Å². The monoisotopic (exact) mass is 294 g/mol. The van der Waals surface area contributed by atoms with Gasteiger partial charge in [-0.15, -0.1) is 0 Å². The lowest BCUT2D eigenvalue weighted by Gasteiger charge is -2.32. The third-order valence-corrected chi connectivity index (χ3v) is 9.20. The van der Waals surface area contributed by atoms with Crippen LogP contribution in [0.3, 0.4) is 0 Å². The van der Waals surface area contributed by atoms with E-state index in [1.54, 1.807) is 6.08 Å². The van der Waals surface area contributed by atoms with Gasteiger partial charge in [0, 0.05) is 0 Å². The van der Waals surface area contributed by atoms with Crippen molar-refractivity contribution in [1.29, 1.82) is 0 Å². The molecule has 0 N–H and O–H groups in total. The largest absolute Gasteiger partial charge is 0.407 e. The molecule has 0 aromatic carbocycles. The molecule has 1 rings (SSSR count). The van der Waals surface area contributed by atoms with Gasteiger partial charge in [-0.25, -0.2) is 0 Å². The molecule has 0 aliphatic heterocycles. The Morgan fingerprint density at radius 3 is 2.45 bits per heavy atom. The van der Waals surface area contributed by atoms with E-state index >= 15 is 0 Å². The van der Waals surface area contributed by atoms with Crippen molar-refractivity contribution in [2.45, 2.75) is 77.6 Å². The van der Waals surface area contributed by atoms with E-state index in [2.05, 4.69) is 33.8 Å². The van der Waals surface area contributed by atoms with Gasteiger partial charge < -0.3 is 4.43 Å². The topological polar surface area (TPSA) is 26.3 Å². The maximum absolute atomic E-state index is 12.3. The van der Waals surface area contributed by atoms with Crippen molar-refractivity contribution in [3.63, 3.8) is 0 Å². The average molecular weight is 295 g/mol. The predicted molar refractivity (Wildman–Crippen MR) is 88.4 cm³/mol. The predicted octanol–water partition coefficient (Wildman–Crippen LogP) is 5.02. The second kappa shape index (κ2) is 8.58. The molecule has 0 bridgehead atoms. The average Bonchev–Trinajstić information content (AvgIpc) is 2.47. The van der Waals surface area contributed by atoms with Crippen LogP contribution in [0.5, 0.6) is 0 Å². The fourth-order valence-corrected chi connectivity index (χ4v) is 5.60. The molecule has 0 radical (unpaired) electrons. The first kappa shape index (κ1) is 17.4. The van der Waals surface area contributed by atoms with Gasteiger partial charge in [-0.1, -0.05) is 38.5 Å². The zero-order valence-corrected chi connectivity index (χ0v) is 14.6. The second-order valence-corrected chi connectivity index (χ2v) is 10.5. The minimum absolute atomic E-state index is 0.171. The number of carbonyl (C=O) groups is 1. The van der Waals surface area contributed by atoms with Crippen LogP contribution < -0.4 is 0 Å². The molecule has 0 saturated heterocycles. The Bertz CT molecular complexity index is 359. The van der Waals surface area contributed by atoms with E-state index in [0.717, 1.165) is 43.8 Å². The molecule has 1 atom stereocenters. The molecule has 1 aliphatic rings. The molecule has 0 amide bonds. The van der Waals surface area contributed by atoms with Gasteiger partial charge in [-0.2, -0.15) is 0 Å². The van der Waals surface area contributed by atoms with Gasteiger partial charge in [0.2, 0.25) is 0 Å². The van der Waals surface area contributed by atoms with Crippen LogP contribution in [0.4, 0.5) is 0 Å². The first-order valence-corrected chi connectivity index (χ1v) is 10.6. The van der Waals surface area contributed by atoms with Crippen LogP contribution in [0.1, 0.15) is 53.4 Å². The highest BCUT2D eigenvalue weighted by Crippen LogP contribution is 2.26. The summed E-state index contributed by atoms with van der Waals surface area (Å²) >= 11 is 0. The Balaban J connectivity index is 2.82. The molecule has 2 nitrogen and oxygen atoms in total. The molecule has 0 heterocycles. The highest BCUT2D eigenvalue weighted by Gasteiger charge is 2.33. The summed E-state index contributed by atoms with van der Waals surface area (Å²) in [7, 11) is -1.71. The summed E-state index contributed by atoms with van der Waals surface area (Å²) in [6, 6.07) is 3.30. The van der Waals surface area contributed by atoms with E-state index < -0.39 is 8.32 Å². The van der Waals surface area contributed by atoms with Crippen molar-refractivity contribution < 1.29 is 9.22 Å². The normalized spacial score (nSPS) is 24.3. The van der Waals surface area contributed by atoms with E-state index in [4.69, 9.17) is 4.43 Å². The third kappa shape index (κ3) is 5.02. The van der Waals surface area contributed by atoms with Crippen LogP contribution in [-0.4, -0.2) is 20.2 Å². The lowest BCUT2D eigenvalue weighted by atomic mass is 10.0. The first-order valence-electron chi connectivity index (χ1n) is 8.10. The molecule has 0 aromatic rings. The smallest absolute Gasteiger partial charge is 0.193 e. The van der Waals surface area contributed by atoms with Crippen molar-refractivity contribution in [3.8, 4) is 0 Å². The summed E-state index contributed by atoms with van der Waals surface area (Å²) < 4.78 is 6.41. The quantitative estimate of drug-likeness (QED) is 0.525. The molecule has 1 aliphatic carbocycles. The molecule has 3 heteroatoms. The summed E-state index contributed by atoms with van der Waals surface area (Å²) in [5, 5.41) is 0. The van der Waals surface area contributed by atoms with Crippen molar-refractivity contribution >= 4 is 14.1 Å². The highest BCUT2D eigenvalue weighted by atomic mass is 28.4. The molecular formula is C17H30O2Si. The number of rotatable bonds is 5. The zero-order valence-electron chi connectivity index (χ0n) is 13.6. The molecule has 0 saturated carbocycles. The minimum Gasteiger partial charge on any atom is -0.407 e. The van der Waals surface area contributed by atoms with Crippen LogP contribution in [0.25, 0.3) is 0 Å². The molecule has 1 unspecified atom stereocenters. The van der Waals surface area contributed by atoms with E-state index in [1.807, 2.05) is 6.08 Å². The van der Waals surface area contributed by atoms with Crippen LogP contribution in [-0.2, 0) is 9.22 Å². The van der Waals surface area contributed by atoms with Crippen LogP contribution >= 0.6 is 0 Å². The third-order valence-electron chi connectivity index (χ3n) is 4.55. The number of allylic oxidation sites excluding steroid dienone is 3. The van der Waals surface area contributed by atoms with Gasteiger partial charge in [-0.3, -0.25) is 4.79 Å². The lowest BCUT2D eigenvalue weighted by molar-refractivity contribution is -0.121. The molecule has 20 heavy (non-hydrogen) atoms. The fourth-order valence-electron chi connectivity index (χ4n) is 2.76.